The molecule has 2 nitrogen and oxygen atoms in total. The summed E-state index contributed by atoms with van der Waals surface area (Å²) in [5, 5.41) is 17.7. The molecule has 0 bridgehead atoms. The number of phenolic OH excluding ortho intramolecular Hbond substituents is 2. The maximum absolute atomic E-state index is 8.83. The van der Waals surface area contributed by atoms with E-state index in [1.807, 2.05) is 0 Å². The third kappa shape index (κ3) is 7.19. The highest BCUT2D eigenvalue weighted by Crippen LogP contribution is 2.18. The molecule has 1 rings (SSSR count). The zero-order valence-corrected chi connectivity index (χ0v) is 8.70. The Kier molecular flexibility index (Phi) is 4.97. The molecule has 0 atom stereocenters. The average Bonchev–Trinajstić information content (AvgIpc) is 1.80. The summed E-state index contributed by atoms with van der Waals surface area (Å²) in [4.78, 5) is 0. The minimum atomic E-state index is 0.104. The van der Waals surface area contributed by atoms with Gasteiger partial charge in [0, 0.05) is 6.07 Å². The second kappa shape index (κ2) is 5.46. The molecular formula is C11H18O2. The van der Waals surface area contributed by atoms with Gasteiger partial charge < -0.3 is 10.2 Å². The van der Waals surface area contributed by atoms with Gasteiger partial charge in [-0.25, -0.2) is 0 Å². The van der Waals surface area contributed by atoms with E-state index in [9.17, 15) is 0 Å². The summed E-state index contributed by atoms with van der Waals surface area (Å²) < 4.78 is 0. The second-order valence-corrected chi connectivity index (χ2v) is 3.76. The molecule has 0 unspecified atom stereocenters. The Morgan fingerprint density at radius 3 is 1.46 bits per heavy atom. The van der Waals surface area contributed by atoms with Crippen LogP contribution in [-0.2, 0) is 0 Å². The van der Waals surface area contributed by atoms with E-state index in [2.05, 4.69) is 20.8 Å². The van der Waals surface area contributed by atoms with Gasteiger partial charge in [0.25, 0.3) is 0 Å². The van der Waals surface area contributed by atoms with Crippen LogP contribution in [0, 0.1) is 12.8 Å². The van der Waals surface area contributed by atoms with Crippen molar-refractivity contribution in [3.8, 4) is 11.5 Å². The molecule has 0 saturated heterocycles. The van der Waals surface area contributed by atoms with Crippen molar-refractivity contribution in [1.29, 1.82) is 0 Å². The maximum atomic E-state index is 8.83. The summed E-state index contributed by atoms with van der Waals surface area (Å²) in [7, 11) is 0. The normalized spacial score (nSPS) is 9.31. The zero-order valence-electron chi connectivity index (χ0n) is 8.70. The van der Waals surface area contributed by atoms with Gasteiger partial charge >= 0.3 is 0 Å². The molecule has 1 aromatic rings. The Balaban J connectivity index is 0.000000310. The van der Waals surface area contributed by atoms with Crippen LogP contribution in [0.25, 0.3) is 0 Å². The number of hydrogen-bond donors (Lipinski definition) is 2. The summed E-state index contributed by atoms with van der Waals surface area (Å²) >= 11 is 0. The van der Waals surface area contributed by atoms with Gasteiger partial charge in [0.15, 0.2) is 0 Å². The lowest BCUT2D eigenvalue weighted by Gasteiger charge is -1.94. The lowest BCUT2D eigenvalue weighted by molar-refractivity contribution is 0.450. The van der Waals surface area contributed by atoms with Crippen LogP contribution in [0.2, 0.25) is 0 Å². The fraction of sp³-hybridized carbons (Fsp3) is 0.455. The molecule has 0 aliphatic heterocycles. The van der Waals surface area contributed by atoms with Crippen molar-refractivity contribution in [3.05, 3.63) is 23.8 Å². The van der Waals surface area contributed by atoms with Crippen molar-refractivity contribution in [2.75, 3.05) is 0 Å². The third-order valence-electron chi connectivity index (χ3n) is 1.05. The van der Waals surface area contributed by atoms with Crippen LogP contribution in [0.5, 0.6) is 11.5 Å². The quantitative estimate of drug-likeness (QED) is 0.647. The summed E-state index contributed by atoms with van der Waals surface area (Å²) in [5.41, 5.74) is 0.854. The molecule has 74 valence electrons. The highest BCUT2D eigenvalue weighted by molar-refractivity contribution is 5.35. The minimum absolute atomic E-state index is 0.104. The molecular weight excluding hydrogens is 164 g/mol. The molecule has 0 saturated carbocycles. The Morgan fingerprint density at radius 2 is 1.23 bits per heavy atom. The maximum Gasteiger partial charge on any atom is 0.119 e. The molecule has 0 radical (unpaired) electrons. The molecule has 0 fully saturated rings. The first-order valence-corrected chi connectivity index (χ1v) is 4.41. The summed E-state index contributed by atoms with van der Waals surface area (Å²) in [6, 6.07) is 4.46. The van der Waals surface area contributed by atoms with E-state index >= 15 is 0 Å². The second-order valence-electron chi connectivity index (χ2n) is 3.76. The van der Waals surface area contributed by atoms with Gasteiger partial charge in [0.2, 0.25) is 0 Å². The lowest BCUT2D eigenvalue weighted by Crippen LogP contribution is -1.70. The molecule has 1 aromatic carbocycles. The Bertz CT molecular complexity index is 201. The Labute approximate surface area is 79.9 Å². The first-order chi connectivity index (χ1) is 5.91. The highest BCUT2D eigenvalue weighted by Gasteiger charge is 1.91. The van der Waals surface area contributed by atoms with E-state index in [1.54, 1.807) is 19.1 Å². The van der Waals surface area contributed by atoms with Crippen molar-refractivity contribution < 1.29 is 10.2 Å². The number of hydrogen-bond acceptors (Lipinski definition) is 2. The largest absolute Gasteiger partial charge is 0.508 e. The monoisotopic (exact) mass is 182 g/mol. The molecule has 0 aliphatic carbocycles. The van der Waals surface area contributed by atoms with E-state index in [4.69, 9.17) is 10.2 Å². The van der Waals surface area contributed by atoms with Gasteiger partial charge in [-0.3, -0.25) is 0 Å². The molecule has 0 aliphatic rings. The third-order valence-corrected chi connectivity index (χ3v) is 1.05. The highest BCUT2D eigenvalue weighted by atomic mass is 16.3. The van der Waals surface area contributed by atoms with Crippen LogP contribution in [0.4, 0.5) is 0 Å². The molecule has 2 N–H and O–H groups in total. The molecule has 0 spiro atoms. The Morgan fingerprint density at radius 1 is 0.923 bits per heavy atom. The van der Waals surface area contributed by atoms with Crippen molar-refractivity contribution in [3.63, 3.8) is 0 Å². The standard InChI is InChI=1S/C7H8O2.C4H10/c1-5-2-6(8)4-7(9)3-5;1-4(2)3/h2-4,8-9H,1H3;4H,1-3H3. The van der Waals surface area contributed by atoms with Gasteiger partial charge in [-0.15, -0.1) is 0 Å². The van der Waals surface area contributed by atoms with Crippen molar-refractivity contribution in [2.45, 2.75) is 27.7 Å². The lowest BCUT2D eigenvalue weighted by atomic mass is 10.2. The van der Waals surface area contributed by atoms with Gasteiger partial charge in [0.1, 0.15) is 11.5 Å². The summed E-state index contributed by atoms with van der Waals surface area (Å²) in [6.07, 6.45) is 0. The van der Waals surface area contributed by atoms with Gasteiger partial charge in [-0.2, -0.15) is 0 Å². The molecule has 2 heteroatoms. The number of aromatic hydroxyl groups is 2. The first kappa shape index (κ1) is 11.8. The predicted molar refractivity (Wildman–Crippen MR) is 55.0 cm³/mol. The van der Waals surface area contributed by atoms with Crippen molar-refractivity contribution in [1.82, 2.24) is 0 Å². The topological polar surface area (TPSA) is 40.5 Å². The van der Waals surface area contributed by atoms with Crippen molar-refractivity contribution >= 4 is 0 Å². The van der Waals surface area contributed by atoms with E-state index < -0.39 is 0 Å². The smallest absolute Gasteiger partial charge is 0.119 e. The number of aryl methyl sites for hydroxylation is 1. The number of rotatable bonds is 0. The number of benzene rings is 1. The van der Waals surface area contributed by atoms with E-state index in [0.717, 1.165) is 11.5 Å². The predicted octanol–water partition coefficient (Wildman–Crippen LogP) is 3.07. The molecule has 13 heavy (non-hydrogen) atoms. The first-order valence-electron chi connectivity index (χ1n) is 4.41. The average molecular weight is 182 g/mol. The van der Waals surface area contributed by atoms with Crippen LogP contribution in [0.3, 0.4) is 0 Å². The fourth-order valence-corrected chi connectivity index (χ4v) is 0.743. The van der Waals surface area contributed by atoms with Gasteiger partial charge in [-0.1, -0.05) is 20.8 Å². The van der Waals surface area contributed by atoms with E-state index in [0.29, 0.717) is 0 Å². The van der Waals surface area contributed by atoms with Crippen LogP contribution in [-0.4, -0.2) is 10.2 Å². The van der Waals surface area contributed by atoms with Crippen LogP contribution >= 0.6 is 0 Å². The minimum Gasteiger partial charge on any atom is -0.508 e. The number of phenols is 2. The summed E-state index contributed by atoms with van der Waals surface area (Å²) in [5.74, 6) is 1.04. The van der Waals surface area contributed by atoms with Crippen LogP contribution in [0.15, 0.2) is 18.2 Å². The molecule has 0 heterocycles. The van der Waals surface area contributed by atoms with E-state index in [-0.39, 0.29) is 11.5 Å². The van der Waals surface area contributed by atoms with Gasteiger partial charge in [0.05, 0.1) is 0 Å². The Hall–Kier alpha value is -1.18. The van der Waals surface area contributed by atoms with Crippen LogP contribution < -0.4 is 0 Å². The summed E-state index contributed by atoms with van der Waals surface area (Å²) in [6.45, 7) is 8.30. The van der Waals surface area contributed by atoms with Gasteiger partial charge in [-0.05, 0) is 30.5 Å². The SMILES string of the molecule is CC(C)C.Cc1cc(O)cc(O)c1. The van der Waals surface area contributed by atoms with Crippen molar-refractivity contribution in [2.24, 2.45) is 5.92 Å². The molecule has 0 aromatic heterocycles. The van der Waals surface area contributed by atoms with E-state index in [1.165, 1.54) is 6.07 Å². The zero-order chi connectivity index (χ0) is 10.4. The van der Waals surface area contributed by atoms with Crippen LogP contribution in [0.1, 0.15) is 26.3 Å². The fourth-order valence-electron chi connectivity index (χ4n) is 0.743. The molecule has 0 amide bonds.